The number of aryl methyl sites for hydroxylation is 1. The third kappa shape index (κ3) is 3.74. The Bertz CT molecular complexity index is 631. The van der Waals surface area contributed by atoms with Gasteiger partial charge in [0.05, 0.1) is 5.75 Å². The summed E-state index contributed by atoms with van der Waals surface area (Å²) in [5.74, 6) is -0.341. The Morgan fingerprint density at radius 2 is 2.05 bits per heavy atom. The number of phenolic OH excluding ortho intramolecular Hbond substituents is 1. The zero-order valence-corrected chi connectivity index (χ0v) is 11.7. The number of hydrogen-bond donors (Lipinski definition) is 2. The highest BCUT2D eigenvalue weighted by molar-refractivity contribution is 8.00. The van der Waals surface area contributed by atoms with Crippen molar-refractivity contribution in [2.45, 2.75) is 11.8 Å². The first-order valence-electron chi connectivity index (χ1n) is 6.03. The van der Waals surface area contributed by atoms with E-state index in [1.165, 1.54) is 23.9 Å². The van der Waals surface area contributed by atoms with Crippen molar-refractivity contribution in [3.05, 3.63) is 53.8 Å². The van der Waals surface area contributed by atoms with Crippen LogP contribution in [-0.2, 0) is 4.79 Å². The number of hydrogen-bond acceptors (Lipinski definition) is 3. The summed E-state index contributed by atoms with van der Waals surface area (Å²) in [5, 5.41) is 12.3. The summed E-state index contributed by atoms with van der Waals surface area (Å²) in [7, 11) is 0. The number of phenols is 1. The van der Waals surface area contributed by atoms with Crippen LogP contribution in [0.4, 0.5) is 10.1 Å². The van der Waals surface area contributed by atoms with Crippen molar-refractivity contribution >= 4 is 23.4 Å². The van der Waals surface area contributed by atoms with Crippen molar-refractivity contribution in [1.29, 1.82) is 0 Å². The molecule has 0 aromatic heterocycles. The molecule has 0 atom stereocenters. The van der Waals surface area contributed by atoms with Gasteiger partial charge in [-0.25, -0.2) is 4.39 Å². The average molecular weight is 291 g/mol. The molecule has 0 saturated carbocycles. The first-order chi connectivity index (χ1) is 9.56. The molecule has 0 unspecified atom stereocenters. The van der Waals surface area contributed by atoms with Crippen molar-refractivity contribution in [3.63, 3.8) is 0 Å². The van der Waals surface area contributed by atoms with E-state index < -0.39 is 0 Å². The number of halogens is 1. The second-order valence-corrected chi connectivity index (χ2v) is 5.28. The average Bonchev–Trinajstić information content (AvgIpc) is 2.42. The van der Waals surface area contributed by atoms with Crippen molar-refractivity contribution in [2.24, 2.45) is 0 Å². The standard InChI is InChI=1S/C15H14FNO2S/c1-10-6-7-11(16)8-12(10)17-15(19)9-20-14-5-3-2-4-13(14)18/h2-8,18H,9H2,1H3,(H,17,19). The fourth-order valence-electron chi connectivity index (χ4n) is 1.64. The number of benzene rings is 2. The number of para-hydroxylation sites is 1. The number of carbonyl (C=O) groups excluding carboxylic acids is 1. The molecule has 2 aromatic carbocycles. The third-order valence-corrected chi connectivity index (χ3v) is 3.76. The Balaban J connectivity index is 1.96. The SMILES string of the molecule is Cc1ccc(F)cc1NC(=O)CSc1ccccc1O. The summed E-state index contributed by atoms with van der Waals surface area (Å²) in [5.41, 5.74) is 1.26. The third-order valence-electron chi connectivity index (χ3n) is 2.70. The van der Waals surface area contributed by atoms with Crippen molar-refractivity contribution < 1.29 is 14.3 Å². The number of amides is 1. The highest BCUT2D eigenvalue weighted by Gasteiger charge is 2.08. The summed E-state index contributed by atoms with van der Waals surface area (Å²) in [6.07, 6.45) is 0. The molecular weight excluding hydrogens is 277 g/mol. The Hall–Kier alpha value is -2.01. The molecule has 0 radical (unpaired) electrons. The van der Waals surface area contributed by atoms with E-state index in [9.17, 15) is 14.3 Å². The highest BCUT2D eigenvalue weighted by atomic mass is 32.2. The molecule has 0 heterocycles. The molecule has 5 heteroatoms. The van der Waals surface area contributed by atoms with Gasteiger partial charge in [0.15, 0.2) is 0 Å². The smallest absolute Gasteiger partial charge is 0.234 e. The van der Waals surface area contributed by atoms with Gasteiger partial charge in [0.2, 0.25) is 5.91 Å². The van der Waals surface area contributed by atoms with E-state index in [-0.39, 0.29) is 23.2 Å². The molecular formula is C15H14FNO2S. The highest BCUT2D eigenvalue weighted by Crippen LogP contribution is 2.27. The van der Waals surface area contributed by atoms with E-state index in [1.807, 2.05) is 0 Å². The molecule has 0 aliphatic rings. The van der Waals surface area contributed by atoms with E-state index in [2.05, 4.69) is 5.32 Å². The molecule has 3 nitrogen and oxygen atoms in total. The van der Waals surface area contributed by atoms with Crippen LogP contribution in [0.1, 0.15) is 5.56 Å². The molecule has 2 aromatic rings. The second-order valence-electron chi connectivity index (χ2n) is 4.26. The normalized spacial score (nSPS) is 10.3. The van der Waals surface area contributed by atoms with Crippen molar-refractivity contribution in [3.8, 4) is 5.75 Å². The van der Waals surface area contributed by atoms with E-state index in [4.69, 9.17) is 0 Å². The Labute approximate surface area is 120 Å². The van der Waals surface area contributed by atoms with E-state index in [1.54, 1.807) is 37.3 Å². The summed E-state index contributed by atoms with van der Waals surface area (Å²) in [4.78, 5) is 12.5. The minimum Gasteiger partial charge on any atom is -0.507 e. The lowest BCUT2D eigenvalue weighted by molar-refractivity contribution is -0.113. The molecule has 2 N–H and O–H groups in total. The maximum absolute atomic E-state index is 13.1. The topological polar surface area (TPSA) is 49.3 Å². The monoisotopic (exact) mass is 291 g/mol. The predicted molar refractivity (Wildman–Crippen MR) is 78.6 cm³/mol. The lowest BCUT2D eigenvalue weighted by Crippen LogP contribution is -2.15. The molecule has 20 heavy (non-hydrogen) atoms. The zero-order chi connectivity index (χ0) is 14.5. The van der Waals surface area contributed by atoms with E-state index >= 15 is 0 Å². The molecule has 0 fully saturated rings. The van der Waals surface area contributed by atoms with E-state index in [0.29, 0.717) is 10.6 Å². The zero-order valence-electron chi connectivity index (χ0n) is 10.9. The van der Waals surface area contributed by atoms with Gasteiger partial charge >= 0.3 is 0 Å². The fraction of sp³-hybridized carbons (Fsp3) is 0.133. The summed E-state index contributed by atoms with van der Waals surface area (Å²) in [6.45, 7) is 1.80. The van der Waals surface area contributed by atoms with Crippen LogP contribution in [0.3, 0.4) is 0 Å². The number of anilines is 1. The van der Waals surface area contributed by atoms with Gasteiger partial charge in [-0.15, -0.1) is 11.8 Å². The maximum atomic E-state index is 13.1. The van der Waals surface area contributed by atoms with Crippen molar-refractivity contribution in [1.82, 2.24) is 0 Å². The van der Waals surface area contributed by atoms with Crippen LogP contribution in [-0.4, -0.2) is 16.8 Å². The molecule has 104 valence electrons. The number of aromatic hydroxyl groups is 1. The van der Waals surface area contributed by atoms with Gasteiger partial charge in [-0.1, -0.05) is 18.2 Å². The number of carbonyl (C=O) groups is 1. The van der Waals surface area contributed by atoms with Gasteiger partial charge < -0.3 is 10.4 Å². The number of thioether (sulfide) groups is 1. The fourth-order valence-corrected chi connectivity index (χ4v) is 2.39. The second kappa shape index (κ2) is 6.43. The van der Waals surface area contributed by atoms with Gasteiger partial charge in [-0.3, -0.25) is 4.79 Å². The lowest BCUT2D eigenvalue weighted by Gasteiger charge is -2.08. The molecule has 1 amide bonds. The van der Waals surface area contributed by atoms with Gasteiger partial charge in [-0.2, -0.15) is 0 Å². The lowest BCUT2D eigenvalue weighted by atomic mass is 10.2. The van der Waals surface area contributed by atoms with Crippen LogP contribution in [0.5, 0.6) is 5.75 Å². The first-order valence-corrected chi connectivity index (χ1v) is 7.01. The van der Waals surface area contributed by atoms with Crippen LogP contribution in [0.15, 0.2) is 47.4 Å². The summed E-state index contributed by atoms with van der Waals surface area (Å²) in [6, 6.07) is 11.1. The van der Waals surface area contributed by atoms with Crippen LogP contribution in [0, 0.1) is 12.7 Å². The van der Waals surface area contributed by atoms with Gasteiger partial charge in [0, 0.05) is 10.6 Å². The molecule has 2 rings (SSSR count). The molecule has 0 spiro atoms. The molecule has 0 aliphatic heterocycles. The van der Waals surface area contributed by atoms with Gasteiger partial charge in [-0.05, 0) is 36.8 Å². The maximum Gasteiger partial charge on any atom is 0.234 e. The minimum atomic E-state index is -0.390. The predicted octanol–water partition coefficient (Wildman–Crippen LogP) is 3.57. The number of nitrogens with one attached hydrogen (secondary N) is 1. The van der Waals surface area contributed by atoms with Crippen LogP contribution in [0.25, 0.3) is 0 Å². The van der Waals surface area contributed by atoms with Crippen LogP contribution >= 0.6 is 11.8 Å². The first kappa shape index (κ1) is 14.4. The minimum absolute atomic E-state index is 0.146. The largest absolute Gasteiger partial charge is 0.507 e. The van der Waals surface area contributed by atoms with E-state index in [0.717, 1.165) is 5.56 Å². The Morgan fingerprint density at radius 3 is 2.80 bits per heavy atom. The summed E-state index contributed by atoms with van der Waals surface area (Å²) >= 11 is 1.23. The molecule has 0 saturated heterocycles. The van der Waals surface area contributed by atoms with Gasteiger partial charge in [0.1, 0.15) is 11.6 Å². The number of rotatable bonds is 4. The van der Waals surface area contributed by atoms with Gasteiger partial charge in [0.25, 0.3) is 0 Å². The van der Waals surface area contributed by atoms with Crippen molar-refractivity contribution in [2.75, 3.05) is 11.1 Å². The van der Waals surface area contributed by atoms with Crippen LogP contribution in [0.2, 0.25) is 0 Å². The van der Waals surface area contributed by atoms with Crippen LogP contribution < -0.4 is 5.32 Å². The molecule has 0 aliphatic carbocycles. The Kier molecular flexibility index (Phi) is 4.63. The summed E-state index contributed by atoms with van der Waals surface area (Å²) < 4.78 is 13.1. The molecule has 0 bridgehead atoms. The Morgan fingerprint density at radius 1 is 1.30 bits per heavy atom. The quantitative estimate of drug-likeness (QED) is 0.847.